The second-order valence-electron chi connectivity index (χ2n) is 6.92. The Hall–Kier alpha value is -2.83. The van der Waals surface area contributed by atoms with Gasteiger partial charge in [0.1, 0.15) is 5.84 Å². The first-order chi connectivity index (χ1) is 12.5. The minimum Gasteiger partial charge on any atom is -0.384 e. The van der Waals surface area contributed by atoms with Crippen LogP contribution in [0.25, 0.3) is 0 Å². The lowest BCUT2D eigenvalue weighted by atomic mass is 10.1. The molecule has 0 bridgehead atoms. The molecule has 0 fully saturated rings. The molecule has 0 saturated carbocycles. The molecule has 26 heavy (non-hydrogen) atoms. The van der Waals surface area contributed by atoms with E-state index in [0.29, 0.717) is 12.4 Å². The van der Waals surface area contributed by atoms with Crippen LogP contribution in [0, 0.1) is 0 Å². The largest absolute Gasteiger partial charge is 0.384 e. The van der Waals surface area contributed by atoms with E-state index in [0.717, 1.165) is 48.6 Å². The van der Waals surface area contributed by atoms with E-state index in [1.165, 1.54) is 11.3 Å². The molecule has 1 aromatic heterocycles. The van der Waals surface area contributed by atoms with Crippen molar-refractivity contribution in [2.24, 2.45) is 17.8 Å². The zero-order chi connectivity index (χ0) is 18.4. The molecule has 0 spiro atoms. The lowest BCUT2D eigenvalue weighted by molar-refractivity contribution is -0.129. The molecule has 2 N–H and O–H groups in total. The highest BCUT2D eigenvalue weighted by molar-refractivity contribution is 5.98. The number of amides is 1. The number of carbonyl (C=O) groups excluding carboxylic acids is 1. The summed E-state index contributed by atoms with van der Waals surface area (Å²) in [5, 5.41) is 4.80. The van der Waals surface area contributed by atoms with Gasteiger partial charge in [-0.25, -0.2) is 0 Å². The van der Waals surface area contributed by atoms with Crippen molar-refractivity contribution in [2.45, 2.75) is 26.3 Å². The Bertz CT molecular complexity index is 913. The highest BCUT2D eigenvalue weighted by Crippen LogP contribution is 2.38. The number of nitrogens with zero attached hydrogens (tertiary/aromatic N) is 5. The van der Waals surface area contributed by atoms with Crippen molar-refractivity contribution in [3.05, 3.63) is 40.6 Å². The van der Waals surface area contributed by atoms with Crippen molar-refractivity contribution in [1.82, 2.24) is 14.7 Å². The summed E-state index contributed by atoms with van der Waals surface area (Å²) in [5.74, 6) is 1.60. The van der Waals surface area contributed by atoms with Gasteiger partial charge < -0.3 is 15.5 Å². The van der Waals surface area contributed by atoms with Gasteiger partial charge in [-0.2, -0.15) is 5.10 Å². The first-order valence-corrected chi connectivity index (χ1v) is 8.93. The Morgan fingerprint density at radius 3 is 2.81 bits per heavy atom. The van der Waals surface area contributed by atoms with Gasteiger partial charge in [-0.3, -0.25) is 14.5 Å². The molecule has 0 aliphatic carbocycles. The summed E-state index contributed by atoms with van der Waals surface area (Å²) < 4.78 is 1.96. The van der Waals surface area contributed by atoms with E-state index >= 15 is 0 Å². The van der Waals surface area contributed by atoms with E-state index in [9.17, 15) is 4.79 Å². The molecule has 7 heteroatoms. The number of amidine groups is 1. The number of hydrogen-bond donors (Lipinski definition) is 1. The smallest absolute Gasteiger partial charge is 0.219 e. The van der Waals surface area contributed by atoms with E-state index in [2.05, 4.69) is 22.0 Å². The van der Waals surface area contributed by atoms with Gasteiger partial charge in [-0.05, 0) is 18.1 Å². The first kappa shape index (κ1) is 16.6. The summed E-state index contributed by atoms with van der Waals surface area (Å²) in [6.45, 7) is 3.89. The van der Waals surface area contributed by atoms with Crippen LogP contribution in [0.5, 0.6) is 0 Å². The van der Waals surface area contributed by atoms with Crippen LogP contribution in [0.4, 0.5) is 11.5 Å². The van der Waals surface area contributed by atoms with Crippen LogP contribution in [-0.4, -0.2) is 46.6 Å². The number of aromatic nitrogens is 2. The van der Waals surface area contributed by atoms with Crippen LogP contribution in [0.15, 0.2) is 23.2 Å². The van der Waals surface area contributed by atoms with E-state index in [1.807, 2.05) is 22.7 Å². The Balaban J connectivity index is 1.77. The summed E-state index contributed by atoms with van der Waals surface area (Å²) in [4.78, 5) is 20.1. The molecule has 0 radical (unpaired) electrons. The summed E-state index contributed by atoms with van der Waals surface area (Å²) in [7, 11) is 3.69. The summed E-state index contributed by atoms with van der Waals surface area (Å²) in [5.41, 5.74) is 11.7. The van der Waals surface area contributed by atoms with Crippen LogP contribution in [-0.2, 0) is 31.2 Å². The number of aliphatic imine (C=N–C) groups is 1. The quantitative estimate of drug-likeness (QED) is 0.654. The fourth-order valence-corrected chi connectivity index (χ4v) is 3.95. The van der Waals surface area contributed by atoms with Gasteiger partial charge in [0.25, 0.3) is 0 Å². The number of fused-ring (bicyclic) bond motifs is 2. The van der Waals surface area contributed by atoms with Crippen molar-refractivity contribution < 1.29 is 4.79 Å². The van der Waals surface area contributed by atoms with E-state index in [4.69, 9.17) is 10.8 Å². The Kier molecular flexibility index (Phi) is 3.94. The average molecular weight is 352 g/mol. The molecule has 2 aliphatic rings. The zero-order valence-electron chi connectivity index (χ0n) is 15.5. The van der Waals surface area contributed by atoms with Crippen molar-refractivity contribution in [3.8, 4) is 0 Å². The predicted octanol–water partition coefficient (Wildman–Crippen LogP) is 1.35. The maximum absolute atomic E-state index is 11.9. The lowest BCUT2D eigenvalue weighted by Crippen LogP contribution is -2.35. The van der Waals surface area contributed by atoms with Gasteiger partial charge in [0.2, 0.25) is 5.91 Å². The SMILES string of the molecule is CN=C(N)c1ccc2c(c1)N(c1nn(C)c3c1CN(C(C)=O)CC3)CC2. The monoisotopic (exact) mass is 352 g/mol. The Morgan fingerprint density at radius 1 is 1.27 bits per heavy atom. The van der Waals surface area contributed by atoms with Crippen LogP contribution in [0.3, 0.4) is 0 Å². The Morgan fingerprint density at radius 2 is 2.08 bits per heavy atom. The fraction of sp³-hybridized carbons (Fsp3) is 0.421. The molecule has 2 aliphatic heterocycles. The van der Waals surface area contributed by atoms with Gasteiger partial charge in [-0.1, -0.05) is 12.1 Å². The Labute approximate surface area is 153 Å². The first-order valence-electron chi connectivity index (χ1n) is 8.93. The molecule has 136 valence electrons. The van der Waals surface area contributed by atoms with Crippen LogP contribution >= 0.6 is 0 Å². The number of aryl methyl sites for hydroxylation is 1. The molecule has 3 heterocycles. The standard InChI is InChI=1S/C19H24N6O/c1-12(26)24-8-7-16-15(11-24)19(22-23(16)3)25-9-6-13-4-5-14(10-17(13)25)18(20)21-2/h4-5,10H,6-9,11H2,1-3H3,(H2,20,21). The maximum atomic E-state index is 11.9. The minimum atomic E-state index is 0.112. The molecule has 0 atom stereocenters. The number of benzene rings is 1. The third kappa shape index (κ3) is 2.55. The average Bonchev–Trinajstić information content (AvgIpc) is 3.21. The highest BCUT2D eigenvalue weighted by atomic mass is 16.2. The van der Waals surface area contributed by atoms with Crippen molar-refractivity contribution in [1.29, 1.82) is 0 Å². The topological polar surface area (TPSA) is 79.8 Å². The lowest BCUT2D eigenvalue weighted by Gasteiger charge is -2.28. The maximum Gasteiger partial charge on any atom is 0.219 e. The van der Waals surface area contributed by atoms with Crippen LogP contribution < -0.4 is 10.6 Å². The summed E-state index contributed by atoms with van der Waals surface area (Å²) >= 11 is 0. The van der Waals surface area contributed by atoms with Gasteiger partial charge in [-0.15, -0.1) is 0 Å². The second-order valence-corrected chi connectivity index (χ2v) is 6.92. The van der Waals surface area contributed by atoms with E-state index in [-0.39, 0.29) is 5.91 Å². The van der Waals surface area contributed by atoms with E-state index in [1.54, 1.807) is 14.0 Å². The van der Waals surface area contributed by atoms with Crippen molar-refractivity contribution >= 4 is 23.2 Å². The molecule has 0 unspecified atom stereocenters. The third-order valence-electron chi connectivity index (χ3n) is 5.44. The second kappa shape index (κ2) is 6.16. The van der Waals surface area contributed by atoms with Crippen LogP contribution in [0.2, 0.25) is 0 Å². The summed E-state index contributed by atoms with van der Waals surface area (Å²) in [6, 6.07) is 6.24. The van der Waals surface area contributed by atoms with Gasteiger partial charge in [0.15, 0.2) is 5.82 Å². The molecule has 4 rings (SSSR count). The predicted molar refractivity (Wildman–Crippen MR) is 102 cm³/mol. The number of carbonyl (C=O) groups is 1. The highest BCUT2D eigenvalue weighted by Gasteiger charge is 2.31. The van der Waals surface area contributed by atoms with Gasteiger partial charge in [0, 0.05) is 63.0 Å². The third-order valence-corrected chi connectivity index (χ3v) is 5.44. The minimum absolute atomic E-state index is 0.112. The molecule has 7 nitrogen and oxygen atoms in total. The number of anilines is 2. The van der Waals surface area contributed by atoms with Crippen molar-refractivity contribution in [2.75, 3.05) is 25.0 Å². The number of nitrogens with two attached hydrogens (primary N) is 1. The zero-order valence-corrected chi connectivity index (χ0v) is 15.5. The normalized spacial score (nSPS) is 16.7. The number of rotatable bonds is 2. The molecular formula is C19H24N6O. The fourth-order valence-electron chi connectivity index (χ4n) is 3.95. The molecule has 1 amide bonds. The molecule has 2 aromatic rings. The van der Waals surface area contributed by atoms with Gasteiger partial charge in [0.05, 0.1) is 6.54 Å². The van der Waals surface area contributed by atoms with Crippen LogP contribution in [0.1, 0.15) is 29.3 Å². The molecule has 0 saturated heterocycles. The van der Waals surface area contributed by atoms with Gasteiger partial charge >= 0.3 is 0 Å². The molecule has 1 aromatic carbocycles. The number of hydrogen-bond acceptors (Lipinski definition) is 4. The molecular weight excluding hydrogens is 328 g/mol. The summed E-state index contributed by atoms with van der Waals surface area (Å²) in [6.07, 6.45) is 1.81. The van der Waals surface area contributed by atoms with E-state index < -0.39 is 0 Å². The van der Waals surface area contributed by atoms with Crippen molar-refractivity contribution in [3.63, 3.8) is 0 Å².